The zero-order valence-electron chi connectivity index (χ0n) is 14.9. The van der Waals surface area contributed by atoms with E-state index in [0.717, 1.165) is 23.4 Å². The molecule has 0 fully saturated rings. The molecule has 0 aliphatic heterocycles. The smallest absolute Gasteiger partial charge is 0.358 e. The highest BCUT2D eigenvalue weighted by Crippen LogP contribution is 2.24. The van der Waals surface area contributed by atoms with Gasteiger partial charge in [0.1, 0.15) is 5.01 Å². The predicted molar refractivity (Wildman–Crippen MR) is 99.7 cm³/mol. The van der Waals surface area contributed by atoms with Gasteiger partial charge in [0.25, 0.3) is 5.91 Å². The summed E-state index contributed by atoms with van der Waals surface area (Å²) in [6.45, 7) is 6.58. The molecule has 0 radical (unpaired) electrons. The molecular formula is C19H24N2O3S. The molecule has 0 aliphatic rings. The lowest BCUT2D eigenvalue weighted by molar-refractivity contribution is -0.124. The highest BCUT2D eigenvalue weighted by atomic mass is 32.1. The van der Waals surface area contributed by atoms with Crippen molar-refractivity contribution < 1.29 is 14.3 Å². The monoisotopic (exact) mass is 360 g/mol. The van der Waals surface area contributed by atoms with Gasteiger partial charge >= 0.3 is 5.97 Å². The maximum atomic E-state index is 12.0. The average Bonchev–Trinajstić information content (AvgIpc) is 3.09. The molecule has 0 aliphatic carbocycles. The van der Waals surface area contributed by atoms with Gasteiger partial charge in [0.05, 0.1) is 0 Å². The van der Waals surface area contributed by atoms with Gasteiger partial charge in [0.2, 0.25) is 0 Å². The summed E-state index contributed by atoms with van der Waals surface area (Å²) in [5.74, 6) is -0.353. The number of carbonyl (C=O) groups is 2. The minimum atomic E-state index is -0.577. The van der Waals surface area contributed by atoms with Crippen LogP contribution in [0.2, 0.25) is 0 Å². The molecule has 134 valence electrons. The minimum absolute atomic E-state index is 0.231. The van der Waals surface area contributed by atoms with Crippen molar-refractivity contribution in [2.45, 2.75) is 33.6 Å². The molecule has 0 unspecified atom stereocenters. The van der Waals surface area contributed by atoms with Crippen molar-refractivity contribution in [3.63, 3.8) is 0 Å². The third kappa shape index (κ3) is 5.98. The Bertz CT molecular complexity index is 708. The Morgan fingerprint density at radius 3 is 2.60 bits per heavy atom. The summed E-state index contributed by atoms with van der Waals surface area (Å²) in [6.07, 6.45) is 1.88. The van der Waals surface area contributed by atoms with Crippen LogP contribution in [-0.2, 0) is 16.0 Å². The molecule has 2 aromatic rings. The Balaban J connectivity index is 1.86. The highest BCUT2D eigenvalue weighted by molar-refractivity contribution is 7.13. The van der Waals surface area contributed by atoms with Crippen LogP contribution in [0.25, 0.3) is 10.6 Å². The number of ether oxygens (including phenoxy) is 1. The molecule has 0 saturated heterocycles. The molecule has 25 heavy (non-hydrogen) atoms. The molecule has 0 atom stereocenters. The lowest BCUT2D eigenvalue weighted by Crippen LogP contribution is -2.30. The number of amides is 1. The van der Waals surface area contributed by atoms with Gasteiger partial charge in [-0.1, -0.05) is 45.0 Å². The average molecular weight is 360 g/mol. The molecule has 0 spiro atoms. The number of rotatable bonds is 8. The van der Waals surface area contributed by atoms with E-state index in [9.17, 15) is 9.59 Å². The standard InChI is InChI=1S/C19H24N2O3S/c1-4-14-5-7-15(8-6-14)18-21-16(12-25-18)19(23)24-11-17(22)20-10-9-13(2)3/h5-8,12-13H,4,9-11H2,1-3H3,(H,20,22). The quantitative estimate of drug-likeness (QED) is 0.729. The first-order valence-corrected chi connectivity index (χ1v) is 9.36. The number of aromatic nitrogens is 1. The topological polar surface area (TPSA) is 68.3 Å². The number of hydrogen-bond donors (Lipinski definition) is 1. The van der Waals surface area contributed by atoms with E-state index in [1.165, 1.54) is 16.9 Å². The van der Waals surface area contributed by atoms with Crippen LogP contribution < -0.4 is 5.32 Å². The van der Waals surface area contributed by atoms with Gasteiger partial charge in [0.15, 0.2) is 12.3 Å². The number of thiazole rings is 1. The molecule has 0 saturated carbocycles. The number of nitrogens with one attached hydrogen (secondary N) is 1. The Morgan fingerprint density at radius 2 is 1.96 bits per heavy atom. The van der Waals surface area contributed by atoms with Gasteiger partial charge in [-0.3, -0.25) is 4.79 Å². The fourth-order valence-electron chi connectivity index (χ4n) is 2.14. The summed E-state index contributed by atoms with van der Waals surface area (Å²) in [6, 6.07) is 8.09. The molecule has 1 aromatic carbocycles. The van der Waals surface area contributed by atoms with E-state index in [4.69, 9.17) is 4.74 Å². The maximum absolute atomic E-state index is 12.0. The van der Waals surface area contributed by atoms with Crippen LogP contribution in [0.5, 0.6) is 0 Å². The number of hydrogen-bond acceptors (Lipinski definition) is 5. The summed E-state index contributed by atoms with van der Waals surface area (Å²) in [4.78, 5) is 28.0. The second-order valence-electron chi connectivity index (χ2n) is 6.20. The SMILES string of the molecule is CCc1ccc(-c2nc(C(=O)OCC(=O)NCCC(C)C)cs2)cc1. The van der Waals surface area contributed by atoms with E-state index in [2.05, 4.69) is 43.2 Å². The second-order valence-corrected chi connectivity index (χ2v) is 7.06. The van der Waals surface area contributed by atoms with Crippen molar-refractivity contribution in [2.75, 3.05) is 13.2 Å². The fourth-order valence-corrected chi connectivity index (χ4v) is 2.93. The summed E-state index contributed by atoms with van der Waals surface area (Å²) in [5, 5.41) is 5.14. The van der Waals surface area contributed by atoms with Crippen LogP contribution in [0.4, 0.5) is 0 Å². The molecule has 1 aromatic heterocycles. The molecule has 1 heterocycles. The van der Waals surface area contributed by atoms with Crippen molar-refractivity contribution in [2.24, 2.45) is 5.92 Å². The normalized spacial score (nSPS) is 10.7. The van der Waals surface area contributed by atoms with E-state index in [0.29, 0.717) is 12.5 Å². The van der Waals surface area contributed by atoms with Crippen LogP contribution in [0, 0.1) is 5.92 Å². The first-order chi connectivity index (χ1) is 12.0. The van der Waals surface area contributed by atoms with E-state index < -0.39 is 5.97 Å². The fraction of sp³-hybridized carbons (Fsp3) is 0.421. The summed E-state index contributed by atoms with van der Waals surface area (Å²) < 4.78 is 5.03. The van der Waals surface area contributed by atoms with Gasteiger partial charge in [-0.2, -0.15) is 0 Å². The number of aryl methyl sites for hydroxylation is 1. The molecular weight excluding hydrogens is 336 g/mol. The van der Waals surface area contributed by atoms with Gasteiger partial charge < -0.3 is 10.1 Å². The van der Waals surface area contributed by atoms with Crippen molar-refractivity contribution in [1.82, 2.24) is 10.3 Å². The Morgan fingerprint density at radius 1 is 1.24 bits per heavy atom. The van der Waals surface area contributed by atoms with Crippen molar-refractivity contribution in [3.05, 3.63) is 40.9 Å². The van der Waals surface area contributed by atoms with Crippen molar-refractivity contribution in [3.8, 4) is 10.6 Å². The first-order valence-electron chi connectivity index (χ1n) is 8.48. The molecule has 6 heteroatoms. The van der Waals surface area contributed by atoms with Crippen LogP contribution in [-0.4, -0.2) is 30.0 Å². The zero-order chi connectivity index (χ0) is 18.2. The molecule has 1 amide bonds. The predicted octanol–water partition coefficient (Wildman–Crippen LogP) is 3.69. The second kappa shape index (κ2) is 9.32. The number of esters is 1. The van der Waals surface area contributed by atoms with Crippen molar-refractivity contribution in [1.29, 1.82) is 0 Å². The van der Waals surface area contributed by atoms with E-state index in [-0.39, 0.29) is 18.2 Å². The van der Waals surface area contributed by atoms with E-state index in [1.807, 2.05) is 12.1 Å². The summed E-state index contributed by atoms with van der Waals surface area (Å²) in [5.41, 5.74) is 2.45. The molecule has 1 N–H and O–H groups in total. The third-order valence-electron chi connectivity index (χ3n) is 3.70. The zero-order valence-corrected chi connectivity index (χ0v) is 15.7. The van der Waals surface area contributed by atoms with E-state index in [1.54, 1.807) is 5.38 Å². The first kappa shape index (κ1) is 19.1. The number of nitrogens with zero attached hydrogens (tertiary/aromatic N) is 1. The van der Waals surface area contributed by atoms with Gasteiger partial charge in [0, 0.05) is 17.5 Å². The Hall–Kier alpha value is -2.21. The lowest BCUT2D eigenvalue weighted by Gasteiger charge is -2.07. The third-order valence-corrected chi connectivity index (χ3v) is 4.59. The summed E-state index contributed by atoms with van der Waals surface area (Å²) in [7, 11) is 0. The molecule has 5 nitrogen and oxygen atoms in total. The highest BCUT2D eigenvalue weighted by Gasteiger charge is 2.15. The molecule has 2 rings (SSSR count). The van der Waals surface area contributed by atoms with Gasteiger partial charge in [-0.05, 0) is 24.3 Å². The lowest BCUT2D eigenvalue weighted by atomic mass is 10.1. The maximum Gasteiger partial charge on any atom is 0.358 e. The molecule has 0 bridgehead atoms. The summed E-state index contributed by atoms with van der Waals surface area (Å²) >= 11 is 1.38. The van der Waals surface area contributed by atoms with Gasteiger partial charge in [-0.15, -0.1) is 11.3 Å². The van der Waals surface area contributed by atoms with Gasteiger partial charge in [-0.25, -0.2) is 9.78 Å². The van der Waals surface area contributed by atoms with Crippen LogP contribution in [0.1, 0.15) is 43.2 Å². The van der Waals surface area contributed by atoms with Crippen LogP contribution in [0.15, 0.2) is 29.6 Å². The van der Waals surface area contributed by atoms with E-state index >= 15 is 0 Å². The van der Waals surface area contributed by atoms with Crippen LogP contribution >= 0.6 is 11.3 Å². The van der Waals surface area contributed by atoms with Crippen LogP contribution in [0.3, 0.4) is 0 Å². The number of carbonyl (C=O) groups excluding carboxylic acids is 2. The Kier molecular flexibility index (Phi) is 7.13. The largest absolute Gasteiger partial charge is 0.451 e. The number of benzene rings is 1. The Labute approximate surface area is 152 Å². The van der Waals surface area contributed by atoms with Crippen molar-refractivity contribution >= 4 is 23.2 Å². The minimum Gasteiger partial charge on any atom is -0.451 e.